The smallest absolute Gasteiger partial charge is 0.287 e. The standard InChI is InChI=1S/C24H23N3O5/c1-15-4-7-19(8-5-15)30-14-23(28)26-20-9-6-16(2)10-21(20)31-13-18-12-24(29)27-22(25-18)11-17(3)32-27/h4-12H,13-14H2,1-3H3,(H,26,28). The third-order valence-corrected chi connectivity index (χ3v) is 4.70. The quantitative estimate of drug-likeness (QED) is 0.476. The van der Waals surface area contributed by atoms with E-state index < -0.39 is 0 Å². The Morgan fingerprint density at radius 1 is 1.00 bits per heavy atom. The lowest BCUT2D eigenvalue weighted by Crippen LogP contribution is -2.20. The zero-order valence-electron chi connectivity index (χ0n) is 18.0. The number of anilines is 1. The molecule has 8 nitrogen and oxygen atoms in total. The first kappa shape index (κ1) is 21.2. The zero-order valence-corrected chi connectivity index (χ0v) is 18.0. The molecule has 1 N–H and O–H groups in total. The second-order valence-corrected chi connectivity index (χ2v) is 7.52. The summed E-state index contributed by atoms with van der Waals surface area (Å²) >= 11 is 0. The van der Waals surface area contributed by atoms with Crippen molar-refractivity contribution >= 4 is 17.2 Å². The predicted molar refractivity (Wildman–Crippen MR) is 119 cm³/mol. The summed E-state index contributed by atoms with van der Waals surface area (Å²) in [7, 11) is 0. The van der Waals surface area contributed by atoms with E-state index in [1.54, 1.807) is 19.1 Å². The molecule has 0 spiro atoms. The van der Waals surface area contributed by atoms with Gasteiger partial charge in [-0.3, -0.25) is 9.59 Å². The van der Waals surface area contributed by atoms with Crippen LogP contribution >= 0.6 is 0 Å². The van der Waals surface area contributed by atoms with Crippen LogP contribution in [0.2, 0.25) is 0 Å². The molecule has 0 saturated carbocycles. The van der Waals surface area contributed by atoms with Gasteiger partial charge in [0.15, 0.2) is 12.3 Å². The highest BCUT2D eigenvalue weighted by Crippen LogP contribution is 2.26. The maximum absolute atomic E-state index is 12.4. The molecule has 0 fully saturated rings. The van der Waals surface area contributed by atoms with Crippen molar-refractivity contribution in [2.24, 2.45) is 0 Å². The monoisotopic (exact) mass is 433 g/mol. The number of ether oxygens (including phenoxy) is 2. The summed E-state index contributed by atoms with van der Waals surface area (Å²) in [5, 5.41) is 2.81. The summed E-state index contributed by atoms with van der Waals surface area (Å²) in [5.41, 5.74) is 3.13. The average Bonchev–Trinajstić information content (AvgIpc) is 3.14. The molecule has 4 aromatic rings. The van der Waals surface area contributed by atoms with Crippen molar-refractivity contribution < 1.29 is 18.8 Å². The Morgan fingerprint density at radius 2 is 1.75 bits per heavy atom. The second kappa shape index (κ2) is 8.97. The molecule has 2 heterocycles. The normalized spacial score (nSPS) is 10.8. The largest absolute Gasteiger partial charge is 0.485 e. The van der Waals surface area contributed by atoms with E-state index in [1.807, 2.05) is 50.2 Å². The van der Waals surface area contributed by atoms with Crippen LogP contribution < -0.4 is 20.3 Å². The van der Waals surface area contributed by atoms with Crippen LogP contribution in [0, 0.1) is 20.8 Å². The number of benzene rings is 2. The Bertz CT molecular complexity index is 1320. The van der Waals surface area contributed by atoms with Crippen molar-refractivity contribution in [2.75, 3.05) is 11.9 Å². The number of aryl methyl sites for hydroxylation is 3. The Kier molecular flexibility index (Phi) is 5.93. The van der Waals surface area contributed by atoms with E-state index in [0.717, 1.165) is 15.7 Å². The van der Waals surface area contributed by atoms with Crippen LogP contribution in [0.5, 0.6) is 11.5 Å². The summed E-state index contributed by atoms with van der Waals surface area (Å²) in [4.78, 5) is 29.0. The number of hydrogen-bond donors (Lipinski definition) is 1. The maximum Gasteiger partial charge on any atom is 0.287 e. The van der Waals surface area contributed by atoms with E-state index in [1.165, 1.54) is 6.07 Å². The Labute approximate surface area is 184 Å². The van der Waals surface area contributed by atoms with Gasteiger partial charge >= 0.3 is 0 Å². The van der Waals surface area contributed by atoms with Crippen molar-refractivity contribution in [3.8, 4) is 11.5 Å². The molecule has 0 unspecified atom stereocenters. The first-order chi connectivity index (χ1) is 15.4. The maximum atomic E-state index is 12.4. The molecule has 8 heteroatoms. The van der Waals surface area contributed by atoms with Gasteiger partial charge in [-0.05, 0) is 50.6 Å². The lowest BCUT2D eigenvalue weighted by atomic mass is 10.2. The Balaban J connectivity index is 1.44. The van der Waals surface area contributed by atoms with Crippen LogP contribution in [0.25, 0.3) is 5.65 Å². The summed E-state index contributed by atoms with van der Waals surface area (Å²) in [5.74, 6) is 1.36. The van der Waals surface area contributed by atoms with Crippen molar-refractivity contribution in [1.82, 2.24) is 9.56 Å². The molecule has 32 heavy (non-hydrogen) atoms. The summed E-state index contributed by atoms with van der Waals surface area (Å²) in [6, 6.07) is 15.9. The van der Waals surface area contributed by atoms with Crippen LogP contribution in [0.3, 0.4) is 0 Å². The van der Waals surface area contributed by atoms with Gasteiger partial charge in [0, 0.05) is 12.1 Å². The molecule has 0 aliphatic heterocycles. The number of carbonyl (C=O) groups excluding carboxylic acids is 1. The SMILES string of the molecule is Cc1ccc(OCC(=O)Nc2ccc(C)cc2OCc2cc(=O)n3oc(C)cc3n2)cc1. The first-order valence-corrected chi connectivity index (χ1v) is 10.1. The zero-order chi connectivity index (χ0) is 22.7. The highest BCUT2D eigenvalue weighted by atomic mass is 16.5. The molecule has 0 radical (unpaired) electrons. The lowest BCUT2D eigenvalue weighted by molar-refractivity contribution is -0.118. The van der Waals surface area contributed by atoms with Gasteiger partial charge in [0.1, 0.15) is 23.9 Å². The lowest BCUT2D eigenvalue weighted by Gasteiger charge is -2.14. The fourth-order valence-corrected chi connectivity index (χ4v) is 3.12. The predicted octanol–water partition coefficient (Wildman–Crippen LogP) is 3.81. The highest BCUT2D eigenvalue weighted by Gasteiger charge is 2.12. The number of rotatable bonds is 7. The molecule has 1 amide bonds. The summed E-state index contributed by atoms with van der Waals surface area (Å²) in [6.45, 7) is 5.57. The van der Waals surface area contributed by atoms with Gasteiger partial charge < -0.3 is 19.3 Å². The van der Waals surface area contributed by atoms with Gasteiger partial charge in [-0.2, -0.15) is 0 Å². The van der Waals surface area contributed by atoms with Gasteiger partial charge in [0.25, 0.3) is 11.5 Å². The topological polar surface area (TPSA) is 95.1 Å². The fourth-order valence-electron chi connectivity index (χ4n) is 3.12. The van der Waals surface area contributed by atoms with Crippen LogP contribution in [0.4, 0.5) is 5.69 Å². The second-order valence-electron chi connectivity index (χ2n) is 7.52. The third-order valence-electron chi connectivity index (χ3n) is 4.70. The highest BCUT2D eigenvalue weighted by molar-refractivity contribution is 5.93. The minimum absolute atomic E-state index is 0.0577. The molecule has 164 valence electrons. The van der Waals surface area contributed by atoms with Crippen LogP contribution in [0.15, 0.2) is 63.9 Å². The molecular weight excluding hydrogens is 410 g/mol. The van der Waals surface area contributed by atoms with Crippen LogP contribution in [-0.4, -0.2) is 22.1 Å². The van der Waals surface area contributed by atoms with Gasteiger partial charge in [-0.1, -0.05) is 23.8 Å². The number of carbonyl (C=O) groups is 1. The van der Waals surface area contributed by atoms with Crippen LogP contribution in [-0.2, 0) is 11.4 Å². The number of nitrogens with one attached hydrogen (secondary N) is 1. The summed E-state index contributed by atoms with van der Waals surface area (Å²) < 4.78 is 17.9. The fraction of sp³-hybridized carbons (Fsp3) is 0.208. The van der Waals surface area contributed by atoms with E-state index in [9.17, 15) is 9.59 Å². The van der Waals surface area contributed by atoms with Gasteiger partial charge in [0.05, 0.1) is 11.4 Å². The van der Waals surface area contributed by atoms with E-state index >= 15 is 0 Å². The number of amides is 1. The van der Waals surface area contributed by atoms with E-state index in [0.29, 0.717) is 34.3 Å². The van der Waals surface area contributed by atoms with Crippen molar-refractivity contribution in [3.05, 3.63) is 87.5 Å². The first-order valence-electron chi connectivity index (χ1n) is 10.1. The Hall–Kier alpha value is -4.07. The molecule has 0 bridgehead atoms. The van der Waals surface area contributed by atoms with E-state index in [4.69, 9.17) is 14.0 Å². The molecule has 0 aliphatic rings. The number of fused-ring (bicyclic) bond motifs is 1. The van der Waals surface area contributed by atoms with Crippen molar-refractivity contribution in [3.63, 3.8) is 0 Å². The minimum atomic E-state index is -0.326. The summed E-state index contributed by atoms with van der Waals surface area (Å²) in [6.07, 6.45) is 0. The molecule has 2 aromatic carbocycles. The van der Waals surface area contributed by atoms with E-state index in [-0.39, 0.29) is 24.7 Å². The minimum Gasteiger partial charge on any atom is -0.485 e. The Morgan fingerprint density at radius 3 is 2.53 bits per heavy atom. The van der Waals surface area contributed by atoms with Gasteiger partial charge in [-0.25, -0.2) is 4.98 Å². The molecule has 4 rings (SSSR count). The van der Waals surface area contributed by atoms with Crippen molar-refractivity contribution in [1.29, 1.82) is 0 Å². The van der Waals surface area contributed by atoms with Gasteiger partial charge in [0.2, 0.25) is 0 Å². The van der Waals surface area contributed by atoms with Gasteiger partial charge in [-0.15, -0.1) is 4.57 Å². The van der Waals surface area contributed by atoms with E-state index in [2.05, 4.69) is 10.3 Å². The number of hydrogen-bond acceptors (Lipinski definition) is 6. The average molecular weight is 433 g/mol. The van der Waals surface area contributed by atoms with Crippen LogP contribution in [0.1, 0.15) is 22.6 Å². The van der Waals surface area contributed by atoms with Crippen molar-refractivity contribution in [2.45, 2.75) is 27.4 Å². The molecule has 0 atom stereocenters. The number of aromatic nitrogens is 2. The number of nitrogens with zero attached hydrogens (tertiary/aromatic N) is 2. The molecule has 0 saturated heterocycles. The molecule has 2 aromatic heterocycles. The molecule has 0 aliphatic carbocycles. The molecular formula is C24H23N3O5. The third kappa shape index (κ3) is 4.97.